The Morgan fingerprint density at radius 3 is 2.14 bits per heavy atom. The van der Waals surface area contributed by atoms with Crippen LogP contribution in [0.5, 0.6) is 0 Å². The van der Waals surface area contributed by atoms with Crippen LogP contribution in [0.3, 0.4) is 0 Å². The van der Waals surface area contributed by atoms with Crippen molar-refractivity contribution in [1.29, 1.82) is 0 Å². The van der Waals surface area contributed by atoms with Crippen LogP contribution in [0.15, 0.2) is 0 Å². The van der Waals surface area contributed by atoms with Gasteiger partial charge in [-0.1, -0.05) is 19.3 Å². The molecular formula is C9H19NNaO3+. The van der Waals surface area contributed by atoms with Crippen molar-refractivity contribution in [3.05, 3.63) is 0 Å². The minimum absolute atomic E-state index is 0. The summed E-state index contributed by atoms with van der Waals surface area (Å²) < 4.78 is 0. The van der Waals surface area contributed by atoms with Gasteiger partial charge >= 0.3 is 35.5 Å². The first-order valence-electron chi connectivity index (χ1n) is 4.60. The van der Waals surface area contributed by atoms with E-state index in [4.69, 9.17) is 10.8 Å². The molecule has 0 unspecified atom stereocenters. The van der Waals surface area contributed by atoms with Crippen LogP contribution < -0.4 is 35.3 Å². The van der Waals surface area contributed by atoms with Crippen molar-refractivity contribution in [2.45, 2.75) is 38.5 Å². The number of nitrogens with two attached hydrogens (primary N) is 1. The molecule has 0 heterocycles. The minimum atomic E-state index is -0.706. The predicted molar refractivity (Wildman–Crippen MR) is 50.4 cm³/mol. The summed E-state index contributed by atoms with van der Waals surface area (Å²) in [7, 11) is 0. The van der Waals surface area contributed by atoms with Crippen LogP contribution in [0, 0.1) is 5.41 Å². The Labute approximate surface area is 107 Å². The first-order valence-corrected chi connectivity index (χ1v) is 4.60. The third-order valence-corrected chi connectivity index (χ3v) is 2.87. The van der Waals surface area contributed by atoms with E-state index in [0.29, 0.717) is 6.54 Å². The zero-order valence-electron chi connectivity index (χ0n) is 8.88. The monoisotopic (exact) mass is 212 g/mol. The molecule has 5 N–H and O–H groups in total. The average molecular weight is 212 g/mol. The summed E-state index contributed by atoms with van der Waals surface area (Å²) in [6.45, 7) is 0.527. The maximum Gasteiger partial charge on any atom is 1.00 e. The number of hydrogen-bond donors (Lipinski definition) is 2. The van der Waals surface area contributed by atoms with Crippen molar-refractivity contribution in [1.82, 2.24) is 0 Å². The molecule has 0 atom stereocenters. The zero-order valence-corrected chi connectivity index (χ0v) is 10.9. The normalized spacial score (nSPS) is 18.9. The number of hydrogen-bond acceptors (Lipinski definition) is 2. The number of carboxylic acid groups (broad SMARTS) is 1. The van der Waals surface area contributed by atoms with Gasteiger partial charge in [-0.2, -0.15) is 0 Å². The molecule has 14 heavy (non-hydrogen) atoms. The van der Waals surface area contributed by atoms with Crippen molar-refractivity contribution < 1.29 is 44.9 Å². The van der Waals surface area contributed by atoms with Crippen LogP contribution in [0.25, 0.3) is 0 Å². The third-order valence-electron chi connectivity index (χ3n) is 2.87. The number of aliphatic carboxylic acids is 1. The van der Waals surface area contributed by atoms with Crippen LogP contribution in [0.1, 0.15) is 38.5 Å². The van der Waals surface area contributed by atoms with E-state index in [1.807, 2.05) is 0 Å². The van der Waals surface area contributed by atoms with E-state index in [2.05, 4.69) is 0 Å². The summed E-state index contributed by atoms with van der Waals surface area (Å²) in [6, 6.07) is 0. The van der Waals surface area contributed by atoms with Crippen molar-refractivity contribution in [2.75, 3.05) is 6.54 Å². The molecule has 1 aliphatic carbocycles. The topological polar surface area (TPSA) is 94.8 Å². The van der Waals surface area contributed by atoms with Crippen molar-refractivity contribution >= 4 is 5.97 Å². The molecule has 0 bridgehead atoms. The summed E-state index contributed by atoms with van der Waals surface area (Å²) in [5.41, 5.74) is 5.54. The molecule has 1 fully saturated rings. The van der Waals surface area contributed by atoms with Gasteiger partial charge in [0.15, 0.2) is 0 Å². The molecule has 78 valence electrons. The summed E-state index contributed by atoms with van der Waals surface area (Å²) in [6.07, 6.45) is 5.77. The quantitative estimate of drug-likeness (QED) is 0.508. The molecule has 0 aromatic rings. The van der Waals surface area contributed by atoms with Gasteiger partial charge in [-0.25, -0.2) is 0 Å². The molecule has 1 rings (SSSR count). The Hall–Kier alpha value is 0.390. The number of carboxylic acids is 1. The Kier molecular flexibility index (Phi) is 9.19. The van der Waals surface area contributed by atoms with E-state index < -0.39 is 5.97 Å². The second-order valence-corrected chi connectivity index (χ2v) is 3.84. The molecule has 0 aromatic carbocycles. The Balaban J connectivity index is 0. The minimum Gasteiger partial charge on any atom is -0.481 e. The zero-order chi connectivity index (χ0) is 9.03. The van der Waals surface area contributed by atoms with Crippen molar-refractivity contribution in [3.8, 4) is 0 Å². The van der Waals surface area contributed by atoms with Crippen molar-refractivity contribution in [3.63, 3.8) is 0 Å². The summed E-state index contributed by atoms with van der Waals surface area (Å²) >= 11 is 0. The Morgan fingerprint density at radius 2 is 1.79 bits per heavy atom. The van der Waals surface area contributed by atoms with E-state index >= 15 is 0 Å². The summed E-state index contributed by atoms with van der Waals surface area (Å²) in [5, 5.41) is 8.71. The van der Waals surface area contributed by atoms with Crippen LogP contribution in [0.2, 0.25) is 0 Å². The Bertz CT molecular complexity index is 169. The fourth-order valence-electron chi connectivity index (χ4n) is 2.08. The van der Waals surface area contributed by atoms with Gasteiger partial charge in [0.1, 0.15) is 0 Å². The standard InChI is InChI=1S/C9H17NO2.Na.H2O/c10-7-9(6-8(11)12)4-2-1-3-5-9;;/h1-7,10H2,(H,11,12);;1H2/q;+1;. The Morgan fingerprint density at radius 1 is 1.29 bits per heavy atom. The van der Waals surface area contributed by atoms with Gasteiger partial charge < -0.3 is 16.3 Å². The molecule has 0 aliphatic heterocycles. The smallest absolute Gasteiger partial charge is 0.481 e. The number of rotatable bonds is 3. The molecule has 0 spiro atoms. The first-order chi connectivity index (χ1) is 5.68. The van der Waals surface area contributed by atoms with Crippen LogP contribution in [0.4, 0.5) is 0 Å². The molecule has 0 saturated heterocycles. The first kappa shape index (κ1) is 16.8. The second-order valence-electron chi connectivity index (χ2n) is 3.84. The average Bonchev–Trinajstić information content (AvgIpc) is 2.05. The van der Waals surface area contributed by atoms with E-state index in [-0.39, 0.29) is 46.9 Å². The molecule has 4 nitrogen and oxygen atoms in total. The largest absolute Gasteiger partial charge is 1.00 e. The van der Waals surface area contributed by atoms with Crippen molar-refractivity contribution in [2.24, 2.45) is 11.1 Å². The summed E-state index contributed by atoms with van der Waals surface area (Å²) in [4.78, 5) is 10.6. The van der Waals surface area contributed by atoms with Gasteiger partial charge in [0, 0.05) is 0 Å². The van der Waals surface area contributed by atoms with E-state index in [1.54, 1.807) is 0 Å². The van der Waals surface area contributed by atoms with E-state index in [9.17, 15) is 4.79 Å². The predicted octanol–water partition coefficient (Wildman–Crippen LogP) is -2.45. The number of carbonyl (C=O) groups is 1. The second kappa shape index (κ2) is 7.65. The van der Waals surface area contributed by atoms with Gasteiger partial charge in [-0.3, -0.25) is 4.79 Å². The molecule has 5 heteroatoms. The van der Waals surface area contributed by atoms with Gasteiger partial charge in [0.2, 0.25) is 0 Å². The molecule has 1 aliphatic rings. The van der Waals surface area contributed by atoms with Crippen LogP contribution in [-0.4, -0.2) is 23.1 Å². The molecule has 0 aromatic heterocycles. The van der Waals surface area contributed by atoms with Gasteiger partial charge in [0.05, 0.1) is 6.42 Å². The molecular weight excluding hydrogens is 193 g/mol. The van der Waals surface area contributed by atoms with E-state index in [0.717, 1.165) is 25.7 Å². The van der Waals surface area contributed by atoms with E-state index in [1.165, 1.54) is 6.42 Å². The maximum absolute atomic E-state index is 10.6. The van der Waals surface area contributed by atoms with Crippen LogP contribution >= 0.6 is 0 Å². The van der Waals surface area contributed by atoms with Gasteiger partial charge in [0.25, 0.3) is 0 Å². The maximum atomic E-state index is 10.6. The van der Waals surface area contributed by atoms with Crippen LogP contribution in [-0.2, 0) is 4.79 Å². The molecule has 0 amide bonds. The third kappa shape index (κ3) is 4.75. The van der Waals surface area contributed by atoms with Gasteiger partial charge in [-0.15, -0.1) is 0 Å². The van der Waals surface area contributed by atoms with Gasteiger partial charge in [-0.05, 0) is 24.8 Å². The SMILES string of the molecule is NCC1(CC(=O)O)CCCCC1.O.[Na+]. The molecule has 0 radical (unpaired) electrons. The fourth-order valence-corrected chi connectivity index (χ4v) is 2.08. The molecule has 1 saturated carbocycles. The summed E-state index contributed by atoms with van der Waals surface area (Å²) in [5.74, 6) is -0.706. The fraction of sp³-hybridized carbons (Fsp3) is 0.889.